The van der Waals surface area contributed by atoms with Gasteiger partial charge in [-0.25, -0.2) is 9.59 Å². The van der Waals surface area contributed by atoms with E-state index in [1.165, 1.54) is 12.3 Å². The Balaban J connectivity index is 1.84. The summed E-state index contributed by atoms with van der Waals surface area (Å²) >= 11 is 0. The number of hydrazone groups is 1. The predicted octanol–water partition coefficient (Wildman–Crippen LogP) is 1.97. The number of urea groups is 1. The van der Waals surface area contributed by atoms with Crippen molar-refractivity contribution in [3.05, 3.63) is 35.4 Å². The number of carboxylic acid groups (broad SMARTS) is 1. The molecule has 120 valence electrons. The van der Waals surface area contributed by atoms with E-state index in [1.807, 2.05) is 0 Å². The predicted molar refractivity (Wildman–Crippen MR) is 82.2 cm³/mol. The van der Waals surface area contributed by atoms with Crippen LogP contribution < -0.4 is 5.32 Å². The van der Waals surface area contributed by atoms with Crippen molar-refractivity contribution in [3.8, 4) is 0 Å². The quantitative estimate of drug-likeness (QED) is 0.658. The van der Waals surface area contributed by atoms with Crippen molar-refractivity contribution >= 4 is 24.1 Å². The van der Waals surface area contributed by atoms with Crippen LogP contribution in [0.2, 0.25) is 0 Å². The summed E-state index contributed by atoms with van der Waals surface area (Å²) < 4.78 is 0. The normalized spacial score (nSPS) is 20.3. The van der Waals surface area contributed by atoms with Crippen LogP contribution in [0, 0.1) is 0 Å². The van der Waals surface area contributed by atoms with Crippen LogP contribution in [0.25, 0.3) is 0 Å². The number of carboxylic acids is 1. The average molecular weight is 315 g/mol. The number of amides is 3. The first-order valence-electron chi connectivity index (χ1n) is 7.56. The summed E-state index contributed by atoms with van der Waals surface area (Å²) in [6, 6.07) is 5.73. The highest BCUT2D eigenvalue weighted by Crippen LogP contribution is 2.33. The van der Waals surface area contributed by atoms with Crippen molar-refractivity contribution < 1.29 is 19.5 Å². The second-order valence-corrected chi connectivity index (χ2v) is 5.83. The van der Waals surface area contributed by atoms with Gasteiger partial charge < -0.3 is 10.4 Å². The molecule has 1 heterocycles. The van der Waals surface area contributed by atoms with E-state index in [0.29, 0.717) is 18.4 Å². The molecule has 0 radical (unpaired) electrons. The van der Waals surface area contributed by atoms with Gasteiger partial charge in [0.25, 0.3) is 5.91 Å². The van der Waals surface area contributed by atoms with Crippen LogP contribution in [0.4, 0.5) is 4.79 Å². The van der Waals surface area contributed by atoms with Gasteiger partial charge in [-0.2, -0.15) is 5.10 Å². The highest BCUT2D eigenvalue weighted by atomic mass is 16.4. The Labute approximate surface area is 133 Å². The molecule has 0 bridgehead atoms. The molecule has 23 heavy (non-hydrogen) atoms. The van der Waals surface area contributed by atoms with Crippen molar-refractivity contribution in [2.75, 3.05) is 0 Å². The smallest absolute Gasteiger partial charge is 0.346 e. The zero-order valence-electron chi connectivity index (χ0n) is 12.5. The number of rotatable bonds is 3. The molecule has 7 heteroatoms. The van der Waals surface area contributed by atoms with Crippen molar-refractivity contribution in [2.24, 2.45) is 5.10 Å². The third-order valence-corrected chi connectivity index (χ3v) is 4.35. The molecule has 0 unspecified atom stereocenters. The minimum absolute atomic E-state index is 0.0654. The summed E-state index contributed by atoms with van der Waals surface area (Å²) in [5.74, 6) is -1.45. The Hall–Kier alpha value is -2.70. The fourth-order valence-corrected chi connectivity index (χ4v) is 3.13. The van der Waals surface area contributed by atoms with Crippen LogP contribution in [-0.4, -0.2) is 39.8 Å². The van der Waals surface area contributed by atoms with Gasteiger partial charge in [0.2, 0.25) is 0 Å². The number of nitrogens with one attached hydrogen (secondary N) is 1. The summed E-state index contributed by atoms with van der Waals surface area (Å²) in [5, 5.41) is 16.6. The number of nitrogens with zero attached hydrogens (tertiary/aromatic N) is 2. The Morgan fingerprint density at radius 2 is 1.91 bits per heavy atom. The lowest BCUT2D eigenvalue weighted by Crippen LogP contribution is -2.48. The highest BCUT2D eigenvalue weighted by Gasteiger charge is 2.51. The molecule has 3 amide bonds. The number of imide groups is 1. The maximum absolute atomic E-state index is 12.5. The molecule has 1 spiro atoms. The average Bonchev–Trinajstić information content (AvgIpc) is 2.77. The van der Waals surface area contributed by atoms with Gasteiger partial charge in [-0.1, -0.05) is 37.5 Å². The highest BCUT2D eigenvalue weighted by molar-refractivity contribution is 6.08. The molecule has 1 saturated carbocycles. The SMILES string of the molecule is O=C(O)c1ccccc1C=NN1C(=O)NC2(CCCCC2)C1=O. The first-order chi connectivity index (χ1) is 11.0. The standard InChI is InChI=1S/C16H17N3O4/c20-13(21)12-7-3-2-6-11(12)10-17-19-14(22)16(18-15(19)23)8-4-1-5-9-16/h2-3,6-7,10H,1,4-5,8-9H2,(H,18,23)(H,20,21). The first-order valence-corrected chi connectivity index (χ1v) is 7.56. The zero-order chi connectivity index (χ0) is 16.4. The molecular formula is C16H17N3O4. The summed E-state index contributed by atoms with van der Waals surface area (Å²) in [7, 11) is 0. The monoisotopic (exact) mass is 315 g/mol. The van der Waals surface area contributed by atoms with Crippen molar-refractivity contribution in [1.82, 2.24) is 10.3 Å². The van der Waals surface area contributed by atoms with Gasteiger partial charge in [-0.15, -0.1) is 5.01 Å². The Morgan fingerprint density at radius 1 is 1.22 bits per heavy atom. The van der Waals surface area contributed by atoms with E-state index in [4.69, 9.17) is 5.11 Å². The lowest BCUT2D eigenvalue weighted by molar-refractivity contribution is -0.132. The van der Waals surface area contributed by atoms with Crippen molar-refractivity contribution in [2.45, 2.75) is 37.6 Å². The van der Waals surface area contributed by atoms with Gasteiger partial charge >= 0.3 is 12.0 Å². The fourth-order valence-electron chi connectivity index (χ4n) is 3.13. The molecule has 1 aliphatic carbocycles. The molecule has 3 rings (SSSR count). The third kappa shape index (κ3) is 2.69. The lowest BCUT2D eigenvalue weighted by Gasteiger charge is -2.29. The zero-order valence-corrected chi connectivity index (χ0v) is 12.5. The summed E-state index contributed by atoms with van der Waals surface area (Å²) in [4.78, 5) is 35.8. The topological polar surface area (TPSA) is 99.1 Å². The molecule has 1 aliphatic heterocycles. The van der Waals surface area contributed by atoms with Crippen LogP contribution in [0.3, 0.4) is 0 Å². The molecule has 1 aromatic carbocycles. The lowest BCUT2D eigenvalue weighted by atomic mass is 9.82. The Morgan fingerprint density at radius 3 is 2.61 bits per heavy atom. The summed E-state index contributed by atoms with van der Waals surface area (Å²) in [5.41, 5.74) is -0.431. The number of benzene rings is 1. The first kappa shape index (κ1) is 15.2. The van der Waals surface area contributed by atoms with Crippen molar-refractivity contribution in [3.63, 3.8) is 0 Å². The van der Waals surface area contributed by atoms with Gasteiger partial charge in [-0.05, 0) is 18.9 Å². The number of carbonyl (C=O) groups is 3. The second-order valence-electron chi connectivity index (χ2n) is 5.83. The molecule has 7 nitrogen and oxygen atoms in total. The number of aromatic carboxylic acids is 1. The van der Waals surface area contributed by atoms with E-state index >= 15 is 0 Å². The minimum atomic E-state index is -1.09. The van der Waals surface area contributed by atoms with Gasteiger partial charge in [0, 0.05) is 5.56 Å². The van der Waals surface area contributed by atoms with E-state index in [0.717, 1.165) is 24.3 Å². The Bertz CT molecular complexity index is 692. The van der Waals surface area contributed by atoms with E-state index in [2.05, 4.69) is 10.4 Å². The molecule has 1 aromatic rings. The fraction of sp³-hybridized carbons (Fsp3) is 0.375. The maximum atomic E-state index is 12.5. The number of hydrogen-bond donors (Lipinski definition) is 2. The number of carbonyl (C=O) groups excluding carboxylic acids is 2. The second kappa shape index (κ2) is 5.83. The van der Waals surface area contributed by atoms with E-state index in [9.17, 15) is 14.4 Å². The molecule has 0 atom stereocenters. The van der Waals surface area contributed by atoms with Crippen LogP contribution in [0.5, 0.6) is 0 Å². The van der Waals surface area contributed by atoms with Gasteiger partial charge in [0.05, 0.1) is 11.8 Å². The van der Waals surface area contributed by atoms with Gasteiger partial charge in [0.15, 0.2) is 0 Å². The summed E-state index contributed by atoms with van der Waals surface area (Å²) in [6.07, 6.45) is 5.32. The largest absolute Gasteiger partial charge is 0.478 e. The third-order valence-electron chi connectivity index (χ3n) is 4.35. The molecule has 0 aromatic heterocycles. The van der Waals surface area contributed by atoms with E-state index < -0.39 is 17.5 Å². The molecule has 1 saturated heterocycles. The van der Waals surface area contributed by atoms with Crippen LogP contribution in [-0.2, 0) is 4.79 Å². The van der Waals surface area contributed by atoms with E-state index in [1.54, 1.807) is 18.2 Å². The molecule has 2 fully saturated rings. The van der Waals surface area contributed by atoms with Crippen LogP contribution in [0.15, 0.2) is 29.4 Å². The summed E-state index contributed by atoms with van der Waals surface area (Å²) in [6.45, 7) is 0. The van der Waals surface area contributed by atoms with Gasteiger partial charge in [0.1, 0.15) is 5.54 Å². The van der Waals surface area contributed by atoms with E-state index in [-0.39, 0.29) is 11.5 Å². The minimum Gasteiger partial charge on any atom is -0.478 e. The molecule has 2 aliphatic rings. The Kier molecular flexibility index (Phi) is 3.85. The maximum Gasteiger partial charge on any atom is 0.346 e. The van der Waals surface area contributed by atoms with Crippen LogP contribution >= 0.6 is 0 Å². The van der Waals surface area contributed by atoms with Gasteiger partial charge in [-0.3, -0.25) is 4.79 Å². The molecular weight excluding hydrogens is 298 g/mol. The molecule has 2 N–H and O–H groups in total. The van der Waals surface area contributed by atoms with Crippen LogP contribution in [0.1, 0.15) is 48.0 Å². The van der Waals surface area contributed by atoms with Crippen molar-refractivity contribution in [1.29, 1.82) is 0 Å². The number of hydrogen-bond acceptors (Lipinski definition) is 4.